The van der Waals surface area contributed by atoms with E-state index >= 15 is 0 Å². The second-order valence-electron chi connectivity index (χ2n) is 4.80. The van der Waals surface area contributed by atoms with Gasteiger partial charge in [-0.3, -0.25) is 0 Å². The third-order valence-corrected chi connectivity index (χ3v) is 2.76. The number of hydrogen-bond donors (Lipinski definition) is 2. The largest absolute Gasteiger partial charge is 0.317 e. The number of hydrogen-bond acceptors (Lipinski definition) is 2. The van der Waals surface area contributed by atoms with Gasteiger partial charge in [0.05, 0.1) is 0 Å². The molecule has 0 spiro atoms. The Kier molecular flexibility index (Phi) is 6.20. The fourth-order valence-corrected chi connectivity index (χ4v) is 1.60. The molecule has 0 unspecified atom stereocenters. The van der Waals surface area contributed by atoms with Gasteiger partial charge in [0.15, 0.2) is 0 Å². The second-order valence-corrected chi connectivity index (χ2v) is 4.80. The molecule has 2 heteroatoms. The molecule has 0 aromatic carbocycles. The van der Waals surface area contributed by atoms with E-state index in [0.717, 1.165) is 5.92 Å². The lowest BCUT2D eigenvalue weighted by atomic mass is 10.2. The van der Waals surface area contributed by atoms with Gasteiger partial charge in [-0.1, -0.05) is 26.7 Å². The van der Waals surface area contributed by atoms with Crippen LogP contribution in [0, 0.1) is 5.92 Å². The third kappa shape index (κ3) is 7.34. The maximum atomic E-state index is 3.52. The summed E-state index contributed by atoms with van der Waals surface area (Å²) in [4.78, 5) is 0. The average molecular weight is 198 g/mol. The van der Waals surface area contributed by atoms with Gasteiger partial charge in [-0.2, -0.15) is 0 Å². The maximum Gasteiger partial charge on any atom is 0.00103 e. The van der Waals surface area contributed by atoms with Crippen LogP contribution in [0.2, 0.25) is 0 Å². The second kappa shape index (κ2) is 7.24. The van der Waals surface area contributed by atoms with Crippen LogP contribution in [0.25, 0.3) is 0 Å². The van der Waals surface area contributed by atoms with E-state index in [1.165, 1.54) is 51.7 Å². The molecule has 1 fully saturated rings. The molecule has 0 aliphatic heterocycles. The molecule has 1 saturated carbocycles. The Balaban J connectivity index is 1.66. The third-order valence-electron chi connectivity index (χ3n) is 2.76. The summed E-state index contributed by atoms with van der Waals surface area (Å²) in [6.07, 6.45) is 6.99. The van der Waals surface area contributed by atoms with Crippen molar-refractivity contribution in [2.45, 2.75) is 52.0 Å². The fourth-order valence-electron chi connectivity index (χ4n) is 1.60. The predicted octanol–water partition coefficient (Wildman–Crippen LogP) is 2.15. The first kappa shape index (κ1) is 12.0. The standard InChI is InChI=1S/C12H26N2/c1-11(2)14-9-4-3-8-13-10-7-12-5-6-12/h11-14H,3-10H2,1-2H3. The summed E-state index contributed by atoms with van der Waals surface area (Å²) in [5.41, 5.74) is 0. The van der Waals surface area contributed by atoms with Gasteiger partial charge in [0, 0.05) is 6.04 Å². The molecule has 0 heterocycles. The predicted molar refractivity (Wildman–Crippen MR) is 62.6 cm³/mol. The van der Waals surface area contributed by atoms with Crippen molar-refractivity contribution in [3.63, 3.8) is 0 Å². The van der Waals surface area contributed by atoms with Crippen LogP contribution in [-0.4, -0.2) is 25.7 Å². The molecule has 0 aromatic rings. The highest BCUT2D eigenvalue weighted by molar-refractivity contribution is 4.73. The normalized spacial score (nSPS) is 16.5. The van der Waals surface area contributed by atoms with Crippen molar-refractivity contribution >= 4 is 0 Å². The minimum Gasteiger partial charge on any atom is -0.317 e. The van der Waals surface area contributed by atoms with Crippen molar-refractivity contribution in [3.8, 4) is 0 Å². The van der Waals surface area contributed by atoms with Gasteiger partial charge < -0.3 is 10.6 Å². The topological polar surface area (TPSA) is 24.1 Å². The van der Waals surface area contributed by atoms with Crippen molar-refractivity contribution in [2.24, 2.45) is 5.92 Å². The first-order valence-electron chi connectivity index (χ1n) is 6.23. The summed E-state index contributed by atoms with van der Waals surface area (Å²) in [5, 5.41) is 6.95. The van der Waals surface area contributed by atoms with Gasteiger partial charge in [0.1, 0.15) is 0 Å². The Morgan fingerprint density at radius 3 is 2.43 bits per heavy atom. The summed E-state index contributed by atoms with van der Waals surface area (Å²) < 4.78 is 0. The number of unbranched alkanes of at least 4 members (excludes halogenated alkanes) is 1. The van der Waals surface area contributed by atoms with E-state index in [0.29, 0.717) is 6.04 Å². The molecule has 2 nitrogen and oxygen atoms in total. The molecule has 0 atom stereocenters. The van der Waals surface area contributed by atoms with Crippen molar-refractivity contribution in [1.82, 2.24) is 10.6 Å². The molecule has 2 N–H and O–H groups in total. The van der Waals surface area contributed by atoms with Crippen LogP contribution >= 0.6 is 0 Å². The number of rotatable bonds is 9. The molecule has 14 heavy (non-hydrogen) atoms. The summed E-state index contributed by atoms with van der Waals surface area (Å²) >= 11 is 0. The zero-order valence-corrected chi connectivity index (χ0v) is 9.81. The minimum absolute atomic E-state index is 0.637. The Hall–Kier alpha value is -0.0800. The maximum absolute atomic E-state index is 3.52. The van der Waals surface area contributed by atoms with E-state index in [1.807, 2.05) is 0 Å². The van der Waals surface area contributed by atoms with Crippen LogP contribution in [0.4, 0.5) is 0 Å². The monoisotopic (exact) mass is 198 g/mol. The van der Waals surface area contributed by atoms with E-state index in [-0.39, 0.29) is 0 Å². The van der Waals surface area contributed by atoms with E-state index in [9.17, 15) is 0 Å². The summed E-state index contributed by atoms with van der Waals surface area (Å²) in [6.45, 7) is 8.01. The van der Waals surface area contributed by atoms with Gasteiger partial charge in [0.25, 0.3) is 0 Å². The minimum atomic E-state index is 0.637. The van der Waals surface area contributed by atoms with E-state index in [4.69, 9.17) is 0 Å². The summed E-state index contributed by atoms with van der Waals surface area (Å²) in [5.74, 6) is 1.07. The smallest absolute Gasteiger partial charge is 0.00103 e. The Labute approximate surface area is 88.8 Å². The SMILES string of the molecule is CC(C)NCCCCNCCC1CC1. The van der Waals surface area contributed by atoms with E-state index in [1.54, 1.807) is 0 Å². The summed E-state index contributed by atoms with van der Waals surface area (Å²) in [7, 11) is 0. The van der Waals surface area contributed by atoms with Gasteiger partial charge >= 0.3 is 0 Å². The molecular weight excluding hydrogens is 172 g/mol. The zero-order chi connectivity index (χ0) is 10.2. The zero-order valence-electron chi connectivity index (χ0n) is 9.81. The fraction of sp³-hybridized carbons (Fsp3) is 1.00. The van der Waals surface area contributed by atoms with Crippen LogP contribution < -0.4 is 10.6 Å². The van der Waals surface area contributed by atoms with Crippen LogP contribution in [0.15, 0.2) is 0 Å². The molecule has 1 aliphatic carbocycles. The van der Waals surface area contributed by atoms with Crippen molar-refractivity contribution in [3.05, 3.63) is 0 Å². The lowest BCUT2D eigenvalue weighted by Crippen LogP contribution is -2.25. The molecule has 84 valence electrons. The highest BCUT2D eigenvalue weighted by atomic mass is 14.9. The molecule has 0 saturated heterocycles. The van der Waals surface area contributed by atoms with Crippen molar-refractivity contribution in [2.75, 3.05) is 19.6 Å². The highest BCUT2D eigenvalue weighted by Gasteiger charge is 2.19. The van der Waals surface area contributed by atoms with Crippen LogP contribution in [0.3, 0.4) is 0 Å². The summed E-state index contributed by atoms with van der Waals surface area (Å²) in [6, 6.07) is 0.637. The lowest BCUT2D eigenvalue weighted by molar-refractivity contribution is 0.533. The Bertz CT molecular complexity index is 122. The van der Waals surface area contributed by atoms with Crippen LogP contribution in [0.5, 0.6) is 0 Å². The number of nitrogens with one attached hydrogen (secondary N) is 2. The molecule has 0 aromatic heterocycles. The molecule has 1 aliphatic rings. The van der Waals surface area contributed by atoms with Crippen LogP contribution in [-0.2, 0) is 0 Å². The molecule has 0 bridgehead atoms. The van der Waals surface area contributed by atoms with Gasteiger partial charge in [-0.05, 0) is 44.8 Å². The Morgan fingerprint density at radius 2 is 1.79 bits per heavy atom. The first-order valence-corrected chi connectivity index (χ1v) is 6.23. The van der Waals surface area contributed by atoms with Crippen molar-refractivity contribution < 1.29 is 0 Å². The molecule has 1 rings (SSSR count). The first-order chi connectivity index (χ1) is 6.79. The van der Waals surface area contributed by atoms with Gasteiger partial charge in [0.2, 0.25) is 0 Å². The Morgan fingerprint density at radius 1 is 1.07 bits per heavy atom. The van der Waals surface area contributed by atoms with E-state index < -0.39 is 0 Å². The van der Waals surface area contributed by atoms with Gasteiger partial charge in [-0.25, -0.2) is 0 Å². The van der Waals surface area contributed by atoms with E-state index in [2.05, 4.69) is 24.5 Å². The molecular formula is C12H26N2. The molecule has 0 amide bonds. The highest BCUT2D eigenvalue weighted by Crippen LogP contribution is 2.31. The van der Waals surface area contributed by atoms with Gasteiger partial charge in [-0.15, -0.1) is 0 Å². The molecule has 0 radical (unpaired) electrons. The quantitative estimate of drug-likeness (QED) is 0.555. The van der Waals surface area contributed by atoms with Crippen LogP contribution in [0.1, 0.15) is 46.0 Å². The van der Waals surface area contributed by atoms with Crippen molar-refractivity contribution in [1.29, 1.82) is 0 Å². The average Bonchev–Trinajstić information content (AvgIpc) is 2.92. The lowest BCUT2D eigenvalue weighted by Gasteiger charge is -2.08.